The minimum atomic E-state index is -1.11. The number of carboxylic acids is 1. The summed E-state index contributed by atoms with van der Waals surface area (Å²) < 4.78 is 4.69. The van der Waals surface area contributed by atoms with Crippen LogP contribution in [0, 0.1) is 0 Å². The second-order valence-corrected chi connectivity index (χ2v) is 2.39. The molecular formula is C9H8O4. The molecule has 1 rings (SSSR count). The molecule has 0 heterocycles. The Morgan fingerprint density at radius 2 is 2.08 bits per heavy atom. The van der Waals surface area contributed by atoms with E-state index >= 15 is 0 Å². The second kappa shape index (κ2) is 3.71. The highest BCUT2D eigenvalue weighted by atomic mass is 17.1. The monoisotopic (exact) mass is 181 g/mol. The van der Waals surface area contributed by atoms with Gasteiger partial charge in [0.15, 0.2) is 0 Å². The number of rotatable bonds is 2. The summed E-state index contributed by atoms with van der Waals surface area (Å²) in [4.78, 5) is 21.2. The van der Waals surface area contributed by atoms with E-state index in [1.807, 2.05) is 0 Å². The van der Waals surface area contributed by atoms with Crippen LogP contribution in [0.5, 0.6) is 5.75 Å². The number of para-hydroxylation sites is 1. The van der Waals surface area contributed by atoms with Crippen LogP contribution in [0.4, 0.5) is 0 Å². The number of esters is 1. The third kappa shape index (κ3) is 2.30. The van der Waals surface area contributed by atoms with Gasteiger partial charge in [0.25, 0.3) is 0 Å². The van der Waals surface area contributed by atoms with Crippen molar-refractivity contribution in [1.29, 1.82) is 0 Å². The van der Waals surface area contributed by atoms with Crippen LogP contribution in [0.1, 0.15) is 17.3 Å². The Bertz CT molecular complexity index is 343. The lowest BCUT2D eigenvalue weighted by atomic mass is 10.2. The van der Waals surface area contributed by atoms with Gasteiger partial charge >= 0.3 is 11.9 Å². The number of carboxylic acid groups (broad SMARTS) is 1. The van der Waals surface area contributed by atoms with Crippen molar-refractivity contribution in [3.63, 3.8) is 0 Å². The number of aromatic carboxylic acids is 1. The van der Waals surface area contributed by atoms with E-state index in [9.17, 15) is 9.59 Å². The van der Waals surface area contributed by atoms with E-state index in [4.69, 9.17) is 5.11 Å². The van der Waals surface area contributed by atoms with Gasteiger partial charge in [0.2, 0.25) is 0 Å². The minimum Gasteiger partial charge on any atom is -0.478 e. The highest BCUT2D eigenvalue weighted by Crippen LogP contribution is 2.17. The smallest absolute Gasteiger partial charge is 0.339 e. The lowest BCUT2D eigenvalue weighted by Gasteiger charge is -2.03. The number of benzene rings is 1. The maximum atomic E-state index is 10.6. The summed E-state index contributed by atoms with van der Waals surface area (Å²) in [6.45, 7) is 1.22. The number of hydrogen-bond donors (Lipinski definition) is 1. The van der Waals surface area contributed by atoms with Crippen LogP contribution in [-0.2, 0) is 4.79 Å². The molecule has 0 aliphatic heterocycles. The molecule has 0 radical (unpaired) electrons. The van der Waals surface area contributed by atoms with Crippen LogP contribution >= 0.6 is 0 Å². The Hall–Kier alpha value is -1.84. The maximum absolute atomic E-state index is 10.6. The Labute approximate surface area is 74.8 Å². The minimum absolute atomic E-state index is 0.0160. The average molecular weight is 181 g/mol. The molecule has 0 aliphatic carbocycles. The molecule has 0 aliphatic rings. The molecule has 0 fully saturated rings. The highest BCUT2D eigenvalue weighted by molar-refractivity contribution is 5.91. The Kier molecular flexibility index (Phi) is 2.64. The molecule has 68 valence electrons. The van der Waals surface area contributed by atoms with Crippen molar-refractivity contribution in [2.75, 3.05) is 0 Å². The Morgan fingerprint density at radius 1 is 1.46 bits per heavy atom. The maximum Gasteiger partial charge on any atom is 0.339 e. The molecule has 0 unspecified atom stereocenters. The van der Waals surface area contributed by atoms with Crippen LogP contribution in [0.25, 0.3) is 0 Å². The zero-order valence-corrected chi connectivity index (χ0v) is 6.98. The lowest BCUT2D eigenvalue weighted by molar-refractivity contribution is -0.131. The van der Waals surface area contributed by atoms with E-state index in [1.54, 1.807) is 12.1 Å². The molecule has 0 amide bonds. The third-order valence-corrected chi connectivity index (χ3v) is 1.37. The van der Waals surface area contributed by atoms with Crippen LogP contribution in [0.2, 0.25) is 0 Å². The van der Waals surface area contributed by atoms with Crippen LogP contribution in [0.15, 0.2) is 24.3 Å². The van der Waals surface area contributed by atoms with E-state index in [-0.39, 0.29) is 11.3 Å². The zero-order chi connectivity index (χ0) is 9.84. The van der Waals surface area contributed by atoms with Crippen molar-refractivity contribution in [2.45, 2.75) is 6.92 Å². The van der Waals surface area contributed by atoms with Crippen molar-refractivity contribution in [1.82, 2.24) is 0 Å². The summed E-state index contributed by atoms with van der Waals surface area (Å²) in [5.41, 5.74) is -0.0160. The van der Waals surface area contributed by atoms with Gasteiger partial charge in [0.1, 0.15) is 11.3 Å². The van der Waals surface area contributed by atoms with Crippen LogP contribution < -0.4 is 4.74 Å². The fourth-order valence-corrected chi connectivity index (χ4v) is 0.887. The lowest BCUT2D eigenvalue weighted by Crippen LogP contribution is -2.06. The normalized spacial score (nSPS) is 9.31. The van der Waals surface area contributed by atoms with Crippen molar-refractivity contribution < 1.29 is 19.4 Å². The molecule has 4 nitrogen and oxygen atoms in total. The van der Waals surface area contributed by atoms with E-state index in [2.05, 4.69) is 4.74 Å². The first kappa shape index (κ1) is 9.25. The largest absolute Gasteiger partial charge is 0.478 e. The van der Waals surface area contributed by atoms with Gasteiger partial charge in [-0.15, -0.1) is 0 Å². The summed E-state index contributed by atoms with van der Waals surface area (Å²) in [6.07, 6.45) is 0. The Morgan fingerprint density at radius 3 is 2.62 bits per heavy atom. The molecule has 0 bridgehead atoms. The van der Waals surface area contributed by atoms with E-state index in [0.717, 1.165) is 0 Å². The first-order chi connectivity index (χ1) is 6.11. The summed E-state index contributed by atoms with van der Waals surface area (Å²) in [5.74, 6) is -1.58. The fourth-order valence-electron chi connectivity index (χ4n) is 0.887. The molecule has 0 atom stereocenters. The van der Waals surface area contributed by atoms with E-state index in [0.29, 0.717) is 0 Å². The second-order valence-electron chi connectivity index (χ2n) is 2.39. The van der Waals surface area contributed by atoms with Gasteiger partial charge in [-0.25, -0.2) is 4.79 Å². The summed E-state index contributed by atoms with van der Waals surface area (Å²) >= 11 is 0. The van der Waals surface area contributed by atoms with Gasteiger partial charge in [-0.2, -0.15) is 0 Å². The van der Waals surface area contributed by atoms with Gasteiger partial charge in [-0.3, -0.25) is 4.79 Å². The predicted molar refractivity (Wildman–Crippen MR) is 44.7 cm³/mol. The van der Waals surface area contributed by atoms with E-state index in [1.165, 1.54) is 19.1 Å². The number of carbonyl (C=O) groups is 2. The van der Waals surface area contributed by atoms with Gasteiger partial charge in [0.05, 0.1) is 0 Å². The molecule has 0 saturated heterocycles. The molecule has 0 aromatic heterocycles. The molecule has 0 spiro atoms. The van der Waals surface area contributed by atoms with Gasteiger partial charge in [-0.1, -0.05) is 12.1 Å². The molecule has 1 aromatic rings. The SMILES string of the molecule is CC(=[17O])Oc1ccccc1C(=O)O. The van der Waals surface area contributed by atoms with Crippen molar-refractivity contribution in [3.05, 3.63) is 29.8 Å². The van der Waals surface area contributed by atoms with Crippen molar-refractivity contribution in [3.8, 4) is 5.75 Å². The molecule has 13 heavy (non-hydrogen) atoms. The van der Waals surface area contributed by atoms with Gasteiger partial charge in [0, 0.05) is 6.92 Å². The molecule has 0 saturated carbocycles. The van der Waals surface area contributed by atoms with Crippen LogP contribution in [-0.4, -0.2) is 17.0 Å². The first-order valence-corrected chi connectivity index (χ1v) is 3.62. The Balaban J connectivity index is 3.04. The van der Waals surface area contributed by atoms with Crippen LogP contribution in [0.3, 0.4) is 0 Å². The summed E-state index contributed by atoms with van der Waals surface area (Å²) in [7, 11) is 0. The number of hydrogen-bond acceptors (Lipinski definition) is 3. The molecular weight excluding hydrogens is 173 g/mol. The van der Waals surface area contributed by atoms with Crippen molar-refractivity contribution >= 4 is 11.9 Å². The number of carbonyl (C=O) groups excluding carboxylic acids is 1. The fraction of sp³-hybridized carbons (Fsp3) is 0.111. The molecule has 4 heteroatoms. The average Bonchev–Trinajstić information content (AvgIpc) is 2.03. The first-order valence-electron chi connectivity index (χ1n) is 3.62. The molecule has 1 aromatic carbocycles. The zero-order valence-electron chi connectivity index (χ0n) is 6.98. The quantitative estimate of drug-likeness (QED) is 0.551. The van der Waals surface area contributed by atoms with Gasteiger partial charge < -0.3 is 9.84 Å². The summed E-state index contributed by atoms with van der Waals surface area (Å²) in [6, 6.07) is 5.98. The van der Waals surface area contributed by atoms with Crippen molar-refractivity contribution in [2.24, 2.45) is 0 Å². The topological polar surface area (TPSA) is 63.6 Å². The standard InChI is InChI=1S/C9H8O4/c1-6(10)13-8-5-3-2-4-7(8)9(11)12/h2-5H,1H3,(H,11,12)/i10+1. The van der Waals surface area contributed by atoms with Gasteiger partial charge in [-0.05, 0) is 12.1 Å². The predicted octanol–water partition coefficient (Wildman–Crippen LogP) is 1.31. The number of ether oxygens (including phenoxy) is 1. The van der Waals surface area contributed by atoms with E-state index < -0.39 is 11.9 Å². The third-order valence-electron chi connectivity index (χ3n) is 1.37. The highest BCUT2D eigenvalue weighted by Gasteiger charge is 2.10. The molecule has 1 N–H and O–H groups in total. The summed E-state index contributed by atoms with van der Waals surface area (Å²) in [5, 5.41) is 8.69.